The molecule has 0 bridgehead atoms. The van der Waals surface area contributed by atoms with E-state index in [1.165, 1.54) is 64.4 Å². The van der Waals surface area contributed by atoms with Gasteiger partial charge in [-0.25, -0.2) is 4.98 Å². The second-order valence-electron chi connectivity index (χ2n) is 13.2. The van der Waals surface area contributed by atoms with Gasteiger partial charge in [-0.1, -0.05) is 129 Å². The lowest BCUT2D eigenvalue weighted by Gasteiger charge is -2.30. The molecule has 0 saturated heterocycles. The summed E-state index contributed by atoms with van der Waals surface area (Å²) >= 11 is 1.93. The van der Waals surface area contributed by atoms with Gasteiger partial charge >= 0.3 is 0 Å². The van der Waals surface area contributed by atoms with E-state index in [4.69, 9.17) is 9.97 Å². The van der Waals surface area contributed by atoms with E-state index >= 15 is 0 Å². The van der Waals surface area contributed by atoms with Gasteiger partial charge in [-0.05, 0) is 70.4 Å². The molecule has 2 nitrogen and oxygen atoms in total. The molecule has 3 heteroatoms. The Balaban J connectivity index is 1.21. The van der Waals surface area contributed by atoms with Crippen molar-refractivity contribution < 1.29 is 0 Å². The molecule has 226 valence electrons. The highest BCUT2D eigenvalue weighted by Crippen LogP contribution is 2.47. The molecular formula is C44H34N2S. The van der Waals surface area contributed by atoms with Crippen LogP contribution in [-0.2, 0) is 0 Å². The van der Waals surface area contributed by atoms with Gasteiger partial charge in [0, 0.05) is 36.5 Å². The fraction of sp³-hybridized carbons (Fsp3) is 0.136. The first-order valence-corrected chi connectivity index (χ1v) is 17.3. The summed E-state index contributed by atoms with van der Waals surface area (Å²) in [5, 5.41) is 7.35. The van der Waals surface area contributed by atoms with Gasteiger partial charge in [0.2, 0.25) is 0 Å². The predicted molar refractivity (Wildman–Crippen MR) is 203 cm³/mol. The number of benzene rings is 6. The Kier molecular flexibility index (Phi) is 6.42. The second-order valence-corrected chi connectivity index (χ2v) is 14.2. The van der Waals surface area contributed by atoms with E-state index in [2.05, 4.69) is 143 Å². The molecule has 2 atom stereocenters. The van der Waals surface area contributed by atoms with Crippen LogP contribution in [0.3, 0.4) is 0 Å². The number of aromatic nitrogens is 2. The van der Waals surface area contributed by atoms with E-state index in [-0.39, 0.29) is 0 Å². The maximum absolute atomic E-state index is 5.27. The van der Waals surface area contributed by atoms with Crippen molar-refractivity contribution >= 4 is 69.7 Å². The van der Waals surface area contributed by atoms with Gasteiger partial charge in [-0.3, -0.25) is 4.98 Å². The molecule has 2 unspecified atom stereocenters. The highest BCUT2D eigenvalue weighted by molar-refractivity contribution is 7.26. The van der Waals surface area contributed by atoms with Gasteiger partial charge in [0.25, 0.3) is 0 Å². The number of hydrogen-bond donors (Lipinski definition) is 0. The Hall–Kier alpha value is -5.12. The van der Waals surface area contributed by atoms with Gasteiger partial charge in [0.15, 0.2) is 0 Å². The smallest absolute Gasteiger partial charge is 0.0979 e. The Labute approximate surface area is 278 Å². The lowest BCUT2D eigenvalue weighted by Crippen LogP contribution is -2.16. The van der Waals surface area contributed by atoms with Crippen LogP contribution < -0.4 is 0 Å². The summed E-state index contributed by atoms with van der Waals surface area (Å²) in [6, 6.07) is 39.5. The van der Waals surface area contributed by atoms with Crippen molar-refractivity contribution in [3.63, 3.8) is 0 Å². The maximum atomic E-state index is 5.27. The molecule has 0 fully saturated rings. The number of thiophene rings is 1. The molecule has 47 heavy (non-hydrogen) atoms. The number of nitrogens with zero attached hydrogens (tertiary/aromatic N) is 2. The minimum absolute atomic E-state index is 0.477. The molecule has 2 aromatic heterocycles. The third-order valence-electron chi connectivity index (χ3n) is 10.5. The molecule has 1 aliphatic rings. The highest BCUT2D eigenvalue weighted by atomic mass is 32.1. The quantitative estimate of drug-likeness (QED) is 0.183. The second kappa shape index (κ2) is 10.7. The van der Waals surface area contributed by atoms with E-state index in [9.17, 15) is 0 Å². The Morgan fingerprint density at radius 1 is 0.553 bits per heavy atom. The van der Waals surface area contributed by atoms with Crippen LogP contribution in [0.2, 0.25) is 0 Å². The third-order valence-corrected chi connectivity index (χ3v) is 11.8. The van der Waals surface area contributed by atoms with Gasteiger partial charge in [0.1, 0.15) is 0 Å². The Morgan fingerprint density at radius 3 is 1.85 bits per heavy atom. The first-order valence-electron chi connectivity index (χ1n) is 16.5. The zero-order chi connectivity index (χ0) is 31.8. The summed E-state index contributed by atoms with van der Waals surface area (Å²) in [6.07, 6.45) is 4.33. The van der Waals surface area contributed by atoms with E-state index in [1.54, 1.807) is 0 Å². The van der Waals surface area contributed by atoms with Crippen LogP contribution in [-0.4, -0.2) is 9.97 Å². The molecule has 2 heterocycles. The lowest BCUT2D eigenvalue weighted by atomic mass is 9.75. The normalized spacial score (nSPS) is 17.0. The van der Waals surface area contributed by atoms with E-state index in [0.29, 0.717) is 11.8 Å². The first-order chi connectivity index (χ1) is 23.0. The molecular weight excluding hydrogens is 589 g/mol. The molecule has 0 amide bonds. The van der Waals surface area contributed by atoms with Crippen LogP contribution in [0.4, 0.5) is 0 Å². The van der Waals surface area contributed by atoms with Crippen molar-refractivity contribution in [1.29, 1.82) is 0 Å². The molecule has 0 spiro atoms. The van der Waals surface area contributed by atoms with Crippen molar-refractivity contribution in [3.8, 4) is 22.4 Å². The number of allylic oxidation sites excluding steroid dienone is 4. The first kappa shape index (κ1) is 28.1. The van der Waals surface area contributed by atoms with Crippen LogP contribution in [0.25, 0.3) is 80.7 Å². The molecule has 1 aliphatic carbocycles. The highest BCUT2D eigenvalue weighted by Gasteiger charge is 2.27. The van der Waals surface area contributed by atoms with Crippen LogP contribution in [0.15, 0.2) is 133 Å². The van der Waals surface area contributed by atoms with Crippen molar-refractivity contribution in [3.05, 3.63) is 138 Å². The van der Waals surface area contributed by atoms with Crippen molar-refractivity contribution in [2.45, 2.75) is 27.7 Å². The number of fused-ring (bicyclic) bond motifs is 9. The van der Waals surface area contributed by atoms with Gasteiger partial charge in [-0.2, -0.15) is 0 Å². The summed E-state index contributed by atoms with van der Waals surface area (Å²) in [4.78, 5) is 10.3. The fourth-order valence-electron chi connectivity index (χ4n) is 7.88. The summed E-state index contributed by atoms with van der Waals surface area (Å²) in [6.45, 7) is 9.31. The molecule has 6 aromatic carbocycles. The summed E-state index contributed by atoms with van der Waals surface area (Å²) < 4.78 is 2.71. The number of hydrogen-bond acceptors (Lipinski definition) is 3. The van der Waals surface area contributed by atoms with E-state index in [1.807, 2.05) is 17.5 Å². The average molecular weight is 623 g/mol. The van der Waals surface area contributed by atoms with E-state index in [0.717, 1.165) is 33.1 Å². The van der Waals surface area contributed by atoms with Crippen LogP contribution in [0.5, 0.6) is 0 Å². The third kappa shape index (κ3) is 4.30. The summed E-state index contributed by atoms with van der Waals surface area (Å²) in [5.41, 5.74) is 12.0. The Bertz CT molecular complexity index is 2600. The lowest BCUT2D eigenvalue weighted by molar-refractivity contribution is 0.535. The van der Waals surface area contributed by atoms with Gasteiger partial charge < -0.3 is 0 Å². The average Bonchev–Trinajstić information content (AvgIpc) is 3.50. The topological polar surface area (TPSA) is 25.8 Å². The molecule has 9 rings (SSSR count). The number of rotatable bonds is 3. The molecule has 0 saturated carbocycles. The predicted octanol–water partition coefficient (Wildman–Crippen LogP) is 12.6. The van der Waals surface area contributed by atoms with Gasteiger partial charge in [-0.15, -0.1) is 11.3 Å². The van der Waals surface area contributed by atoms with Crippen LogP contribution in [0.1, 0.15) is 33.3 Å². The minimum Gasteiger partial charge on any atom is -0.252 e. The zero-order valence-electron chi connectivity index (χ0n) is 27.0. The zero-order valence-corrected chi connectivity index (χ0v) is 27.8. The molecule has 0 N–H and O–H groups in total. The monoisotopic (exact) mass is 622 g/mol. The van der Waals surface area contributed by atoms with Gasteiger partial charge in [0.05, 0.1) is 22.9 Å². The summed E-state index contributed by atoms with van der Waals surface area (Å²) in [5.74, 6) is 1.01. The minimum atomic E-state index is 0.477. The molecule has 8 aromatic rings. The fourth-order valence-corrected chi connectivity index (χ4v) is 9.24. The van der Waals surface area contributed by atoms with Crippen molar-refractivity contribution in [2.24, 2.45) is 11.8 Å². The molecule has 0 radical (unpaired) electrons. The van der Waals surface area contributed by atoms with Crippen molar-refractivity contribution in [1.82, 2.24) is 9.97 Å². The van der Waals surface area contributed by atoms with Crippen molar-refractivity contribution in [2.75, 3.05) is 0 Å². The van der Waals surface area contributed by atoms with Crippen LogP contribution in [0, 0.1) is 11.8 Å². The summed E-state index contributed by atoms with van der Waals surface area (Å²) in [7, 11) is 0. The Morgan fingerprint density at radius 2 is 1.13 bits per heavy atom. The standard InChI is InChI=1S/C44H34N2S/c1-25-22-26(2)40(28(4)27(25)3)38-21-11-20-37-36-19-10-18-31(43(36)47-44(37)38)29-12-9-13-30(23-29)39-24-45-41-34-16-7-5-14-32(34)33-15-6-8-17-35(33)42(41)46-39/h5-24,27-28H,1-4H3. The molecule has 0 aliphatic heterocycles. The maximum Gasteiger partial charge on any atom is 0.0979 e. The largest absolute Gasteiger partial charge is 0.252 e. The van der Waals surface area contributed by atoms with E-state index < -0.39 is 0 Å². The SMILES string of the molecule is CC1=CC(C)=C(c2cccc3c2sc2c(-c4cccc(-c5cnc6c7ccccc7c7ccccc7c6n5)c4)cccc23)C(C)C1C. The van der Waals surface area contributed by atoms with Crippen LogP contribution >= 0.6 is 11.3 Å².